The number of nitrogens with zero attached hydrogens (tertiary/aromatic N) is 1. The van der Waals surface area contributed by atoms with Crippen molar-refractivity contribution >= 4 is 11.8 Å². The SMILES string of the molecule is C=CCN1CCC(C(=O)Oc2ccc(-c3ccc(C(=O)CCCCCCCC)cc3)cc2)CC1. The number of Topliss-reactive ketones (excluding diaryl/α,β-unsaturated/α-hetero) is 1. The molecule has 1 aliphatic heterocycles. The summed E-state index contributed by atoms with van der Waals surface area (Å²) in [6.45, 7) is 8.68. The molecule has 2 aromatic carbocycles. The normalized spacial score (nSPS) is 14.6. The number of benzene rings is 2. The van der Waals surface area contributed by atoms with Crippen LogP contribution in [0.2, 0.25) is 0 Å². The molecule has 4 nitrogen and oxygen atoms in total. The van der Waals surface area contributed by atoms with Crippen molar-refractivity contribution in [3.63, 3.8) is 0 Å². The summed E-state index contributed by atoms with van der Waals surface area (Å²) in [4.78, 5) is 27.3. The van der Waals surface area contributed by atoms with Crippen molar-refractivity contribution in [1.29, 1.82) is 0 Å². The molecule has 4 heteroatoms. The molecule has 34 heavy (non-hydrogen) atoms. The maximum absolute atomic E-state index is 12.5. The van der Waals surface area contributed by atoms with Gasteiger partial charge in [-0.3, -0.25) is 14.5 Å². The molecule has 0 spiro atoms. The van der Waals surface area contributed by atoms with E-state index in [-0.39, 0.29) is 17.7 Å². The van der Waals surface area contributed by atoms with Gasteiger partial charge in [0.25, 0.3) is 0 Å². The highest BCUT2D eigenvalue weighted by Crippen LogP contribution is 2.25. The van der Waals surface area contributed by atoms with Crippen LogP contribution in [0.3, 0.4) is 0 Å². The molecule has 1 fully saturated rings. The van der Waals surface area contributed by atoms with E-state index in [0.717, 1.165) is 62.0 Å². The fourth-order valence-electron chi connectivity index (χ4n) is 4.51. The van der Waals surface area contributed by atoms with Gasteiger partial charge in [-0.1, -0.05) is 81.5 Å². The summed E-state index contributed by atoms with van der Waals surface area (Å²) >= 11 is 0. The highest BCUT2D eigenvalue weighted by Gasteiger charge is 2.26. The number of rotatable bonds is 13. The first-order valence-corrected chi connectivity index (χ1v) is 12.9. The molecule has 1 heterocycles. The van der Waals surface area contributed by atoms with Crippen LogP contribution in [0, 0.1) is 5.92 Å². The minimum absolute atomic E-state index is 0.0397. The van der Waals surface area contributed by atoms with Crippen molar-refractivity contribution in [2.45, 2.75) is 64.7 Å². The van der Waals surface area contributed by atoms with E-state index in [2.05, 4.69) is 18.4 Å². The molecule has 0 N–H and O–H groups in total. The van der Waals surface area contributed by atoms with Crippen molar-refractivity contribution in [3.05, 3.63) is 66.7 Å². The third kappa shape index (κ3) is 7.95. The number of unbranched alkanes of at least 4 members (excludes halogenated alkanes) is 5. The molecule has 1 saturated heterocycles. The van der Waals surface area contributed by atoms with Crippen LogP contribution >= 0.6 is 0 Å². The minimum Gasteiger partial charge on any atom is -0.426 e. The van der Waals surface area contributed by atoms with E-state index in [0.29, 0.717) is 12.2 Å². The highest BCUT2D eigenvalue weighted by atomic mass is 16.5. The Morgan fingerprint density at radius 1 is 0.912 bits per heavy atom. The molecular weight excluding hydrogens is 422 g/mol. The molecule has 182 valence electrons. The zero-order valence-electron chi connectivity index (χ0n) is 20.6. The number of likely N-dealkylation sites (tertiary alicyclic amines) is 1. The zero-order chi connectivity index (χ0) is 24.2. The van der Waals surface area contributed by atoms with Gasteiger partial charge in [-0.2, -0.15) is 0 Å². The molecule has 0 atom stereocenters. The molecule has 1 aliphatic rings. The summed E-state index contributed by atoms with van der Waals surface area (Å²) in [7, 11) is 0. The van der Waals surface area contributed by atoms with E-state index in [1.54, 1.807) is 0 Å². The Morgan fingerprint density at radius 3 is 2.12 bits per heavy atom. The Morgan fingerprint density at radius 2 is 1.50 bits per heavy atom. The van der Waals surface area contributed by atoms with E-state index in [9.17, 15) is 9.59 Å². The molecule has 0 amide bonds. The second-order valence-electron chi connectivity index (χ2n) is 9.33. The lowest BCUT2D eigenvalue weighted by molar-refractivity contribution is -0.140. The highest BCUT2D eigenvalue weighted by molar-refractivity contribution is 5.96. The molecule has 3 rings (SSSR count). The molecule has 0 saturated carbocycles. The van der Waals surface area contributed by atoms with Gasteiger partial charge in [-0.25, -0.2) is 0 Å². The summed E-state index contributed by atoms with van der Waals surface area (Å²) in [5.74, 6) is 0.619. The lowest BCUT2D eigenvalue weighted by atomic mass is 9.97. The van der Waals surface area contributed by atoms with E-state index >= 15 is 0 Å². The molecule has 2 aromatic rings. The summed E-state index contributed by atoms with van der Waals surface area (Å²) in [5, 5.41) is 0. The first-order valence-electron chi connectivity index (χ1n) is 12.9. The third-order valence-electron chi connectivity index (χ3n) is 6.68. The number of carbonyl (C=O) groups excluding carboxylic acids is 2. The Hall–Kier alpha value is -2.72. The molecular formula is C30H39NO3. The van der Waals surface area contributed by atoms with E-state index < -0.39 is 0 Å². The number of hydrogen-bond acceptors (Lipinski definition) is 4. The quantitative estimate of drug-likeness (QED) is 0.105. The van der Waals surface area contributed by atoms with Crippen LogP contribution in [0.15, 0.2) is 61.2 Å². The van der Waals surface area contributed by atoms with Gasteiger partial charge in [0.05, 0.1) is 5.92 Å². The van der Waals surface area contributed by atoms with Crippen molar-refractivity contribution in [2.75, 3.05) is 19.6 Å². The Balaban J connectivity index is 1.46. The Labute approximate surface area is 205 Å². The van der Waals surface area contributed by atoms with Crippen LogP contribution in [0.5, 0.6) is 5.75 Å². The third-order valence-corrected chi connectivity index (χ3v) is 6.68. The van der Waals surface area contributed by atoms with Crippen LogP contribution in [-0.2, 0) is 4.79 Å². The lowest BCUT2D eigenvalue weighted by Crippen LogP contribution is -2.37. The predicted molar refractivity (Wildman–Crippen MR) is 139 cm³/mol. The van der Waals surface area contributed by atoms with Crippen LogP contribution in [0.4, 0.5) is 0 Å². The van der Waals surface area contributed by atoms with E-state index in [1.165, 1.54) is 25.7 Å². The maximum Gasteiger partial charge on any atom is 0.314 e. The largest absolute Gasteiger partial charge is 0.426 e. The molecule has 0 radical (unpaired) electrons. The number of piperidine rings is 1. The second-order valence-corrected chi connectivity index (χ2v) is 9.33. The van der Waals surface area contributed by atoms with Crippen LogP contribution in [0.1, 0.15) is 75.1 Å². The summed E-state index contributed by atoms with van der Waals surface area (Å²) < 4.78 is 5.64. The molecule has 0 unspecified atom stereocenters. The fourth-order valence-corrected chi connectivity index (χ4v) is 4.51. The maximum atomic E-state index is 12.5. The summed E-state index contributed by atoms with van der Waals surface area (Å²) in [6, 6.07) is 15.4. The van der Waals surface area contributed by atoms with Crippen molar-refractivity contribution in [1.82, 2.24) is 4.90 Å². The van der Waals surface area contributed by atoms with Crippen molar-refractivity contribution in [3.8, 4) is 16.9 Å². The zero-order valence-corrected chi connectivity index (χ0v) is 20.6. The van der Waals surface area contributed by atoms with Crippen molar-refractivity contribution in [2.24, 2.45) is 5.92 Å². The van der Waals surface area contributed by atoms with Gasteiger partial charge in [-0.15, -0.1) is 6.58 Å². The number of hydrogen-bond donors (Lipinski definition) is 0. The van der Waals surface area contributed by atoms with Gasteiger partial charge in [0.15, 0.2) is 5.78 Å². The summed E-state index contributed by atoms with van der Waals surface area (Å²) in [5.41, 5.74) is 2.86. The van der Waals surface area contributed by atoms with Gasteiger partial charge in [0.1, 0.15) is 5.75 Å². The smallest absolute Gasteiger partial charge is 0.314 e. The molecule has 0 aromatic heterocycles. The van der Waals surface area contributed by atoms with Crippen molar-refractivity contribution < 1.29 is 14.3 Å². The van der Waals surface area contributed by atoms with Gasteiger partial charge < -0.3 is 4.74 Å². The minimum atomic E-state index is -0.140. The average Bonchev–Trinajstić information content (AvgIpc) is 2.87. The van der Waals surface area contributed by atoms with E-state index in [1.807, 2.05) is 54.6 Å². The van der Waals surface area contributed by atoms with Crippen LogP contribution in [-0.4, -0.2) is 36.3 Å². The Bertz CT molecular complexity index is 909. The van der Waals surface area contributed by atoms with Gasteiger partial charge in [0.2, 0.25) is 0 Å². The molecule has 0 bridgehead atoms. The number of ether oxygens (including phenoxy) is 1. The number of carbonyl (C=O) groups is 2. The number of esters is 1. The fraction of sp³-hybridized carbons (Fsp3) is 0.467. The first kappa shape index (κ1) is 25.9. The average molecular weight is 462 g/mol. The molecule has 0 aliphatic carbocycles. The summed E-state index contributed by atoms with van der Waals surface area (Å²) in [6.07, 6.45) is 11.3. The van der Waals surface area contributed by atoms with Gasteiger partial charge >= 0.3 is 5.97 Å². The van der Waals surface area contributed by atoms with E-state index in [4.69, 9.17) is 4.74 Å². The topological polar surface area (TPSA) is 46.6 Å². The standard InChI is InChI=1S/C30H39NO3/c1-3-5-6-7-8-9-10-29(32)26-13-11-24(12-14-26)25-15-17-28(18-16-25)34-30(33)27-19-22-31(21-4-2)23-20-27/h4,11-18,27H,2-3,5-10,19-23H2,1H3. The van der Waals surface area contributed by atoms with Gasteiger partial charge in [0, 0.05) is 18.5 Å². The Kier molecular flexibility index (Phi) is 10.6. The van der Waals surface area contributed by atoms with Gasteiger partial charge in [-0.05, 0) is 55.6 Å². The second kappa shape index (κ2) is 13.9. The first-order chi connectivity index (χ1) is 16.6. The lowest BCUT2D eigenvalue weighted by Gasteiger charge is -2.29. The number of ketones is 1. The monoisotopic (exact) mass is 461 g/mol. The van der Waals surface area contributed by atoms with Crippen LogP contribution < -0.4 is 4.74 Å². The predicted octanol–water partition coefficient (Wildman–Crippen LogP) is 7.09. The van der Waals surface area contributed by atoms with Crippen LogP contribution in [0.25, 0.3) is 11.1 Å².